The SMILES string of the molecule is CC(=O)NC(C)(C)C1CCC(Oc2nc3nc(-c4ccc(N5CCOCC5)cc4)c(Cl)cc3[nH]2)CC1. The molecule has 0 unspecified atom stereocenters. The van der Waals surface area contributed by atoms with E-state index in [4.69, 9.17) is 26.1 Å². The summed E-state index contributed by atoms with van der Waals surface area (Å²) in [6.45, 7) is 9.08. The lowest BCUT2D eigenvalue weighted by Gasteiger charge is -2.39. The Morgan fingerprint density at radius 3 is 2.50 bits per heavy atom. The number of carbonyl (C=O) groups is 1. The van der Waals surface area contributed by atoms with Gasteiger partial charge in [-0.25, -0.2) is 4.98 Å². The summed E-state index contributed by atoms with van der Waals surface area (Å²) in [5.74, 6) is 0.439. The Hall–Kier alpha value is -2.84. The van der Waals surface area contributed by atoms with E-state index < -0.39 is 0 Å². The number of aromatic nitrogens is 3. The van der Waals surface area contributed by atoms with E-state index >= 15 is 0 Å². The van der Waals surface area contributed by atoms with Crippen LogP contribution in [0, 0.1) is 5.92 Å². The second-order valence-corrected chi connectivity index (χ2v) is 10.8. The predicted molar refractivity (Wildman–Crippen MR) is 142 cm³/mol. The minimum Gasteiger partial charge on any atom is -0.461 e. The van der Waals surface area contributed by atoms with Gasteiger partial charge in [-0.2, -0.15) is 4.98 Å². The first-order valence-corrected chi connectivity index (χ1v) is 13.1. The highest BCUT2D eigenvalue weighted by atomic mass is 35.5. The maximum atomic E-state index is 11.5. The molecule has 2 aromatic heterocycles. The average molecular weight is 512 g/mol. The van der Waals surface area contributed by atoms with Crippen LogP contribution in [-0.2, 0) is 9.53 Å². The first-order valence-electron chi connectivity index (χ1n) is 12.7. The molecule has 0 bridgehead atoms. The standard InChI is InChI=1S/C27H34ClN5O3/c1-17(34)32-27(2,3)19-6-10-21(11-7-19)36-26-29-23-16-22(28)24(30-25(23)31-26)18-4-8-20(9-5-18)33-12-14-35-15-13-33/h4-5,8-9,16,19,21H,6-7,10-15H2,1-3H3,(H,32,34)(H,29,30,31). The van der Waals surface area contributed by atoms with Crippen LogP contribution in [-0.4, -0.2) is 58.8 Å². The molecule has 1 amide bonds. The van der Waals surface area contributed by atoms with Crippen molar-refractivity contribution in [1.29, 1.82) is 0 Å². The number of nitrogens with zero attached hydrogens (tertiary/aromatic N) is 3. The largest absolute Gasteiger partial charge is 0.461 e. The van der Waals surface area contributed by atoms with E-state index in [0.29, 0.717) is 28.3 Å². The van der Waals surface area contributed by atoms with Gasteiger partial charge in [-0.1, -0.05) is 23.7 Å². The molecule has 2 N–H and O–H groups in total. The summed E-state index contributed by atoms with van der Waals surface area (Å²) in [4.78, 5) is 26.4. The van der Waals surface area contributed by atoms with Crippen LogP contribution in [0.5, 0.6) is 6.01 Å². The minimum atomic E-state index is -0.215. The fourth-order valence-electron chi connectivity index (χ4n) is 5.42. The number of amides is 1. The van der Waals surface area contributed by atoms with Crippen molar-refractivity contribution in [3.05, 3.63) is 35.4 Å². The Labute approximate surface area is 216 Å². The Morgan fingerprint density at radius 2 is 1.83 bits per heavy atom. The Balaban J connectivity index is 1.26. The summed E-state index contributed by atoms with van der Waals surface area (Å²) in [5.41, 5.74) is 3.95. The summed E-state index contributed by atoms with van der Waals surface area (Å²) in [6.07, 6.45) is 3.90. The van der Waals surface area contributed by atoms with Crippen molar-refractivity contribution in [3.63, 3.8) is 0 Å². The molecule has 2 fully saturated rings. The number of rotatable bonds is 6. The van der Waals surface area contributed by atoms with Gasteiger partial charge in [0.05, 0.1) is 29.4 Å². The average Bonchev–Trinajstić information content (AvgIpc) is 3.24. The zero-order valence-corrected chi connectivity index (χ0v) is 21.9. The molecule has 8 nitrogen and oxygen atoms in total. The maximum Gasteiger partial charge on any atom is 0.296 e. The van der Waals surface area contributed by atoms with Gasteiger partial charge in [0.1, 0.15) is 6.10 Å². The van der Waals surface area contributed by atoms with Crippen molar-refractivity contribution in [3.8, 4) is 17.3 Å². The van der Waals surface area contributed by atoms with Gasteiger partial charge in [-0.15, -0.1) is 0 Å². The number of carbonyl (C=O) groups excluding carboxylic acids is 1. The normalized spacial score (nSPS) is 20.9. The van der Waals surface area contributed by atoms with E-state index in [0.717, 1.165) is 63.1 Å². The minimum absolute atomic E-state index is 0.0132. The number of ether oxygens (including phenoxy) is 2. The molecule has 1 saturated heterocycles. The Kier molecular flexibility index (Phi) is 7.08. The van der Waals surface area contributed by atoms with Crippen LogP contribution in [0.4, 0.5) is 5.69 Å². The first-order chi connectivity index (χ1) is 17.3. The number of imidazole rings is 1. The lowest BCUT2D eigenvalue weighted by Crippen LogP contribution is -2.49. The van der Waals surface area contributed by atoms with E-state index in [2.05, 4.69) is 58.3 Å². The molecule has 0 radical (unpaired) electrons. The molecule has 1 aliphatic carbocycles. The van der Waals surface area contributed by atoms with E-state index in [9.17, 15) is 4.79 Å². The van der Waals surface area contributed by atoms with Crippen LogP contribution >= 0.6 is 11.6 Å². The van der Waals surface area contributed by atoms with Crippen LogP contribution in [0.25, 0.3) is 22.4 Å². The summed E-state index contributed by atoms with van der Waals surface area (Å²) < 4.78 is 11.6. The van der Waals surface area contributed by atoms with Crippen molar-refractivity contribution >= 4 is 34.4 Å². The van der Waals surface area contributed by atoms with Crippen LogP contribution in [0.3, 0.4) is 0 Å². The molecule has 36 heavy (non-hydrogen) atoms. The fraction of sp³-hybridized carbons (Fsp3) is 0.519. The highest BCUT2D eigenvalue weighted by molar-refractivity contribution is 6.33. The van der Waals surface area contributed by atoms with Gasteiger partial charge < -0.3 is 24.7 Å². The molecule has 5 rings (SSSR count). The van der Waals surface area contributed by atoms with Gasteiger partial charge in [0, 0.05) is 36.8 Å². The number of hydrogen-bond donors (Lipinski definition) is 2. The number of halogens is 1. The zero-order chi connectivity index (χ0) is 25.3. The molecule has 0 atom stereocenters. The number of benzene rings is 1. The molecule has 1 aromatic carbocycles. The fourth-order valence-corrected chi connectivity index (χ4v) is 5.68. The van der Waals surface area contributed by atoms with Crippen LogP contribution < -0.4 is 15.0 Å². The molecule has 9 heteroatoms. The molecule has 2 aliphatic rings. The molecule has 1 saturated carbocycles. The van der Waals surface area contributed by atoms with Crippen molar-refractivity contribution in [1.82, 2.24) is 20.3 Å². The molecule has 3 heterocycles. The van der Waals surface area contributed by atoms with Crippen molar-refractivity contribution in [2.75, 3.05) is 31.2 Å². The van der Waals surface area contributed by atoms with Crippen molar-refractivity contribution < 1.29 is 14.3 Å². The van der Waals surface area contributed by atoms with Crippen LogP contribution in [0.1, 0.15) is 46.5 Å². The van der Waals surface area contributed by atoms with Gasteiger partial charge in [0.15, 0.2) is 5.65 Å². The molecule has 1 aliphatic heterocycles. The van der Waals surface area contributed by atoms with Gasteiger partial charge in [-0.3, -0.25) is 4.79 Å². The lowest BCUT2D eigenvalue weighted by atomic mass is 9.76. The molecular formula is C27H34ClN5O3. The van der Waals surface area contributed by atoms with Crippen molar-refractivity contribution in [2.24, 2.45) is 5.92 Å². The number of pyridine rings is 1. The second-order valence-electron chi connectivity index (χ2n) is 10.4. The van der Waals surface area contributed by atoms with Crippen LogP contribution in [0.2, 0.25) is 5.02 Å². The van der Waals surface area contributed by atoms with Crippen LogP contribution in [0.15, 0.2) is 30.3 Å². The quantitative estimate of drug-likeness (QED) is 0.485. The third-order valence-corrected chi connectivity index (χ3v) is 7.68. The lowest BCUT2D eigenvalue weighted by molar-refractivity contribution is -0.121. The van der Waals surface area contributed by atoms with E-state index in [1.54, 1.807) is 6.92 Å². The van der Waals surface area contributed by atoms with Gasteiger partial charge in [-0.05, 0) is 63.6 Å². The summed E-state index contributed by atoms with van der Waals surface area (Å²) in [6, 6.07) is 10.6. The number of H-pyrrole nitrogens is 1. The number of fused-ring (bicyclic) bond motifs is 1. The summed E-state index contributed by atoms with van der Waals surface area (Å²) in [7, 11) is 0. The molecule has 192 valence electrons. The number of morpholine rings is 1. The third kappa shape index (κ3) is 5.44. The van der Waals surface area contributed by atoms with Gasteiger partial charge in [0.25, 0.3) is 6.01 Å². The zero-order valence-electron chi connectivity index (χ0n) is 21.1. The van der Waals surface area contributed by atoms with Gasteiger partial charge in [0.2, 0.25) is 5.91 Å². The molecule has 0 spiro atoms. The summed E-state index contributed by atoms with van der Waals surface area (Å²) in [5, 5.41) is 3.66. The Bertz CT molecular complexity index is 1210. The van der Waals surface area contributed by atoms with Crippen molar-refractivity contribution in [2.45, 2.75) is 58.1 Å². The number of hydrogen-bond acceptors (Lipinski definition) is 6. The monoisotopic (exact) mass is 511 g/mol. The predicted octanol–water partition coefficient (Wildman–Crippen LogP) is 4.97. The highest BCUT2D eigenvalue weighted by Crippen LogP contribution is 2.35. The Morgan fingerprint density at radius 1 is 1.14 bits per heavy atom. The van der Waals surface area contributed by atoms with E-state index in [1.165, 1.54) is 5.69 Å². The molecule has 3 aromatic rings. The van der Waals surface area contributed by atoms with E-state index in [1.807, 2.05) is 6.07 Å². The third-order valence-electron chi connectivity index (χ3n) is 7.39. The van der Waals surface area contributed by atoms with E-state index in [-0.39, 0.29) is 17.6 Å². The highest BCUT2D eigenvalue weighted by Gasteiger charge is 2.34. The van der Waals surface area contributed by atoms with Gasteiger partial charge >= 0.3 is 0 Å². The number of anilines is 1. The topological polar surface area (TPSA) is 92.4 Å². The summed E-state index contributed by atoms with van der Waals surface area (Å²) >= 11 is 6.61. The maximum absolute atomic E-state index is 11.5. The molecular weight excluding hydrogens is 478 g/mol. The number of aromatic amines is 1. The smallest absolute Gasteiger partial charge is 0.296 e. The number of nitrogens with one attached hydrogen (secondary N) is 2. The second kappa shape index (κ2) is 10.3. The first kappa shape index (κ1) is 24.8.